The average molecular weight is 288 g/mol. The van der Waals surface area contributed by atoms with E-state index < -0.39 is 18.0 Å². The van der Waals surface area contributed by atoms with E-state index in [1.165, 1.54) is 12.1 Å². The second-order valence-electron chi connectivity index (χ2n) is 4.59. The van der Waals surface area contributed by atoms with Gasteiger partial charge in [-0.25, -0.2) is 0 Å². The van der Waals surface area contributed by atoms with Gasteiger partial charge in [0, 0.05) is 18.2 Å². The lowest BCUT2D eigenvalue weighted by atomic mass is 10.1. The van der Waals surface area contributed by atoms with E-state index in [9.17, 15) is 18.0 Å². The van der Waals surface area contributed by atoms with Crippen LogP contribution in [0.1, 0.15) is 23.2 Å². The Kier molecular flexibility index (Phi) is 4.49. The number of hydrogen-bond donors (Lipinski definition) is 2. The number of piperidine rings is 1. The van der Waals surface area contributed by atoms with E-state index >= 15 is 0 Å². The van der Waals surface area contributed by atoms with Crippen LogP contribution in [0.2, 0.25) is 0 Å². The molecule has 1 aromatic rings. The maximum atomic E-state index is 12.1. The van der Waals surface area contributed by atoms with Crippen LogP contribution >= 0.6 is 0 Å². The lowest BCUT2D eigenvalue weighted by Crippen LogP contribution is -2.45. The molecule has 7 heteroatoms. The quantitative estimate of drug-likeness (QED) is 0.895. The van der Waals surface area contributed by atoms with Crippen molar-refractivity contribution < 1.29 is 22.7 Å². The summed E-state index contributed by atoms with van der Waals surface area (Å²) in [5.74, 6) is -0.793. The van der Waals surface area contributed by atoms with Crippen LogP contribution in [0.25, 0.3) is 0 Å². The van der Waals surface area contributed by atoms with Gasteiger partial charge in [-0.2, -0.15) is 0 Å². The van der Waals surface area contributed by atoms with Gasteiger partial charge in [-0.05, 0) is 37.6 Å². The molecule has 1 aliphatic rings. The lowest BCUT2D eigenvalue weighted by Gasteiger charge is -2.23. The molecule has 2 N–H and O–H groups in total. The minimum Gasteiger partial charge on any atom is -0.406 e. The number of benzene rings is 1. The van der Waals surface area contributed by atoms with Crippen LogP contribution in [0.4, 0.5) is 13.2 Å². The second-order valence-corrected chi connectivity index (χ2v) is 4.59. The van der Waals surface area contributed by atoms with Crippen LogP contribution in [0.5, 0.6) is 5.75 Å². The molecule has 1 saturated heterocycles. The van der Waals surface area contributed by atoms with E-state index in [1.54, 1.807) is 0 Å². The van der Waals surface area contributed by atoms with E-state index in [2.05, 4.69) is 15.4 Å². The number of rotatable bonds is 3. The van der Waals surface area contributed by atoms with Crippen LogP contribution in [-0.2, 0) is 0 Å². The van der Waals surface area contributed by atoms with Crippen LogP contribution in [0.3, 0.4) is 0 Å². The number of halogens is 3. The Morgan fingerprint density at radius 2 is 2.20 bits per heavy atom. The largest absolute Gasteiger partial charge is 0.573 e. The van der Waals surface area contributed by atoms with Crippen LogP contribution in [0.15, 0.2) is 24.3 Å². The predicted molar refractivity (Wildman–Crippen MR) is 66.5 cm³/mol. The zero-order valence-electron chi connectivity index (χ0n) is 10.7. The molecule has 1 aromatic carbocycles. The molecule has 1 aliphatic heterocycles. The zero-order chi connectivity index (χ0) is 14.6. The number of hydrogen-bond acceptors (Lipinski definition) is 3. The molecule has 1 unspecified atom stereocenters. The highest BCUT2D eigenvalue weighted by Gasteiger charge is 2.31. The molecule has 0 aromatic heterocycles. The molecule has 0 aliphatic carbocycles. The first-order chi connectivity index (χ1) is 9.44. The Morgan fingerprint density at radius 1 is 1.40 bits per heavy atom. The molecule has 1 atom stereocenters. The number of nitrogens with one attached hydrogen (secondary N) is 2. The molecule has 1 heterocycles. The minimum absolute atomic E-state index is 0.00319. The van der Waals surface area contributed by atoms with Gasteiger partial charge in [-0.15, -0.1) is 13.2 Å². The van der Waals surface area contributed by atoms with Gasteiger partial charge in [0.15, 0.2) is 0 Å². The normalized spacial score (nSPS) is 19.4. The Hall–Kier alpha value is -1.76. The number of ether oxygens (including phenoxy) is 1. The van der Waals surface area contributed by atoms with Crippen molar-refractivity contribution in [2.75, 3.05) is 13.1 Å². The molecule has 2 rings (SSSR count). The van der Waals surface area contributed by atoms with Crippen molar-refractivity contribution >= 4 is 5.91 Å². The summed E-state index contributed by atoms with van der Waals surface area (Å²) in [4.78, 5) is 12.0. The second kappa shape index (κ2) is 6.13. The molecule has 20 heavy (non-hydrogen) atoms. The Bertz CT molecular complexity index is 471. The van der Waals surface area contributed by atoms with Gasteiger partial charge < -0.3 is 15.4 Å². The third-order valence-electron chi connectivity index (χ3n) is 2.96. The summed E-state index contributed by atoms with van der Waals surface area (Å²) >= 11 is 0. The van der Waals surface area contributed by atoms with E-state index in [0.717, 1.165) is 31.5 Å². The third kappa shape index (κ3) is 4.41. The highest BCUT2D eigenvalue weighted by molar-refractivity contribution is 5.94. The van der Waals surface area contributed by atoms with Gasteiger partial charge >= 0.3 is 6.36 Å². The van der Waals surface area contributed by atoms with E-state index in [4.69, 9.17) is 0 Å². The number of amides is 1. The highest BCUT2D eigenvalue weighted by atomic mass is 19.4. The molecule has 0 spiro atoms. The summed E-state index contributed by atoms with van der Waals surface area (Å²) in [6.07, 6.45) is -2.94. The van der Waals surface area contributed by atoms with Crippen molar-refractivity contribution in [3.05, 3.63) is 29.8 Å². The van der Waals surface area contributed by atoms with Gasteiger partial charge in [0.2, 0.25) is 0 Å². The molecule has 1 amide bonds. The summed E-state index contributed by atoms with van der Waals surface area (Å²) in [5.41, 5.74) is 0.150. The summed E-state index contributed by atoms with van der Waals surface area (Å²) in [7, 11) is 0. The van der Waals surface area contributed by atoms with Crippen LogP contribution < -0.4 is 15.4 Å². The Balaban J connectivity index is 2.00. The van der Waals surface area contributed by atoms with Crippen molar-refractivity contribution in [3.63, 3.8) is 0 Å². The van der Waals surface area contributed by atoms with Gasteiger partial charge in [-0.1, -0.05) is 6.07 Å². The summed E-state index contributed by atoms with van der Waals surface area (Å²) in [6, 6.07) is 5.05. The Morgan fingerprint density at radius 3 is 2.85 bits per heavy atom. The first kappa shape index (κ1) is 14.6. The van der Waals surface area contributed by atoms with Gasteiger partial charge in [0.1, 0.15) is 5.75 Å². The fraction of sp³-hybridized carbons (Fsp3) is 0.462. The maximum absolute atomic E-state index is 12.1. The molecule has 110 valence electrons. The SMILES string of the molecule is O=C(NC1CCCNC1)c1cccc(OC(F)(F)F)c1. The highest BCUT2D eigenvalue weighted by Crippen LogP contribution is 2.23. The summed E-state index contributed by atoms with van der Waals surface area (Å²) in [5, 5.41) is 5.93. The smallest absolute Gasteiger partial charge is 0.406 e. The molecular weight excluding hydrogens is 273 g/mol. The van der Waals surface area contributed by atoms with Crippen molar-refractivity contribution in [1.29, 1.82) is 0 Å². The van der Waals surface area contributed by atoms with Crippen molar-refractivity contribution in [3.8, 4) is 5.75 Å². The topological polar surface area (TPSA) is 50.4 Å². The van der Waals surface area contributed by atoms with E-state index in [1.807, 2.05) is 0 Å². The monoisotopic (exact) mass is 288 g/mol. The average Bonchev–Trinajstić information content (AvgIpc) is 2.38. The summed E-state index contributed by atoms with van der Waals surface area (Å²) < 4.78 is 40.1. The summed E-state index contributed by atoms with van der Waals surface area (Å²) in [6.45, 7) is 1.59. The Labute approximate surface area is 114 Å². The maximum Gasteiger partial charge on any atom is 0.573 e. The molecule has 0 saturated carbocycles. The van der Waals surface area contributed by atoms with Crippen LogP contribution in [-0.4, -0.2) is 31.4 Å². The number of carbonyl (C=O) groups excluding carboxylic acids is 1. The molecule has 4 nitrogen and oxygen atoms in total. The lowest BCUT2D eigenvalue weighted by molar-refractivity contribution is -0.274. The van der Waals surface area contributed by atoms with Gasteiger partial charge in [0.05, 0.1) is 0 Å². The van der Waals surface area contributed by atoms with Gasteiger partial charge in [0.25, 0.3) is 5.91 Å². The van der Waals surface area contributed by atoms with E-state index in [0.29, 0.717) is 6.54 Å². The first-order valence-corrected chi connectivity index (χ1v) is 6.31. The standard InChI is InChI=1S/C13H15F3N2O2/c14-13(15,16)20-11-5-1-3-9(7-11)12(19)18-10-4-2-6-17-8-10/h1,3,5,7,10,17H,2,4,6,8H2,(H,18,19). The molecule has 0 radical (unpaired) electrons. The predicted octanol–water partition coefficient (Wildman–Crippen LogP) is 2.07. The van der Waals surface area contributed by atoms with Crippen molar-refractivity contribution in [2.24, 2.45) is 0 Å². The molecular formula is C13H15F3N2O2. The van der Waals surface area contributed by atoms with Crippen molar-refractivity contribution in [1.82, 2.24) is 10.6 Å². The first-order valence-electron chi connectivity index (χ1n) is 6.31. The van der Waals surface area contributed by atoms with Gasteiger partial charge in [-0.3, -0.25) is 4.79 Å². The minimum atomic E-state index is -4.76. The fourth-order valence-corrected chi connectivity index (χ4v) is 2.08. The zero-order valence-corrected chi connectivity index (χ0v) is 10.7. The van der Waals surface area contributed by atoms with Crippen molar-refractivity contribution in [2.45, 2.75) is 25.2 Å². The number of carbonyl (C=O) groups is 1. The van der Waals surface area contributed by atoms with E-state index in [-0.39, 0.29) is 11.6 Å². The van der Waals surface area contributed by atoms with Crippen LogP contribution in [0, 0.1) is 0 Å². The third-order valence-corrected chi connectivity index (χ3v) is 2.96. The number of alkyl halides is 3. The molecule has 1 fully saturated rings. The fourth-order valence-electron chi connectivity index (χ4n) is 2.08. The molecule has 0 bridgehead atoms.